The zero-order chi connectivity index (χ0) is 28.9. The molecule has 0 unspecified atom stereocenters. The number of Topliss-reactive ketones (excluding diaryl/α,β-unsaturated/α-hetero) is 1. The van der Waals surface area contributed by atoms with Crippen molar-refractivity contribution in [2.75, 3.05) is 24.6 Å². The van der Waals surface area contributed by atoms with Crippen LogP contribution in [0.25, 0.3) is 16.3 Å². The molecule has 2 saturated carbocycles. The van der Waals surface area contributed by atoms with Crippen LogP contribution >= 0.6 is 11.3 Å². The molecule has 5 heterocycles. The highest BCUT2D eigenvalue weighted by atomic mass is 32.2. The van der Waals surface area contributed by atoms with Crippen molar-refractivity contribution in [1.29, 1.82) is 0 Å². The summed E-state index contributed by atoms with van der Waals surface area (Å²) in [5.74, 6) is 0.135. The molecule has 0 aromatic carbocycles. The third-order valence-electron chi connectivity index (χ3n) is 8.79. The number of hydrogen-bond donors (Lipinski definition) is 1. The number of imidazole rings is 1. The van der Waals surface area contributed by atoms with E-state index in [0.717, 1.165) is 25.7 Å². The van der Waals surface area contributed by atoms with Crippen molar-refractivity contribution in [2.45, 2.75) is 81.0 Å². The van der Waals surface area contributed by atoms with Gasteiger partial charge in [-0.05, 0) is 58.4 Å². The number of nitrogens with zero attached hydrogens (tertiary/aromatic N) is 5. The lowest BCUT2D eigenvalue weighted by molar-refractivity contribution is -0.138. The predicted octanol–water partition coefficient (Wildman–Crippen LogP) is 4.15. The number of piperidine rings is 1. The largest absolute Gasteiger partial charge is 0.445 e. The van der Waals surface area contributed by atoms with Crippen molar-refractivity contribution in [3.63, 3.8) is 0 Å². The van der Waals surface area contributed by atoms with Crippen LogP contribution in [0.1, 0.15) is 69.0 Å². The van der Waals surface area contributed by atoms with Gasteiger partial charge in [0.25, 0.3) is 0 Å². The minimum atomic E-state index is -4.65. The fourth-order valence-electron chi connectivity index (χ4n) is 5.89. The fourth-order valence-corrected chi connectivity index (χ4v) is 8.13. The van der Waals surface area contributed by atoms with Crippen molar-refractivity contribution < 1.29 is 31.1 Å². The fraction of sp³-hybridized carbons (Fsp3) is 0.615. The van der Waals surface area contributed by atoms with Gasteiger partial charge in [0.05, 0.1) is 23.4 Å². The third-order valence-corrected chi connectivity index (χ3v) is 11.4. The second-order valence-electron chi connectivity index (χ2n) is 12.0. The summed E-state index contributed by atoms with van der Waals surface area (Å²) in [5.41, 5.74) is 0.848. The van der Waals surface area contributed by atoms with Crippen LogP contribution in [0.2, 0.25) is 0 Å². The highest BCUT2D eigenvalue weighted by molar-refractivity contribution is 7.89. The number of ketones is 1. The Kier molecular flexibility index (Phi) is 5.94. The first-order chi connectivity index (χ1) is 19.3. The van der Waals surface area contributed by atoms with Gasteiger partial charge in [0.1, 0.15) is 16.7 Å². The molecule has 0 amide bonds. The Morgan fingerprint density at radius 3 is 2.41 bits per heavy atom. The lowest BCUT2D eigenvalue weighted by atomic mass is 9.75. The molecular formula is C26H29F3N6O4S2. The van der Waals surface area contributed by atoms with E-state index >= 15 is 0 Å². The summed E-state index contributed by atoms with van der Waals surface area (Å²) in [5, 5.41) is 6.22. The molecule has 7 rings (SSSR count). The number of nitrogens with one attached hydrogen (secondary N) is 1. The SMILES string of the molecule is C[C@H]1OCC2(CCN(c3cc(S(=O)(=O)NC4(C)CC4)cn4c(-c5nnc(C(F)(F)F)s5)c(C5CC5)nc34)CC2)C1=O. The zero-order valence-corrected chi connectivity index (χ0v) is 24.1. The summed E-state index contributed by atoms with van der Waals surface area (Å²) in [6.07, 6.45) is 0.520. The van der Waals surface area contributed by atoms with Gasteiger partial charge in [-0.3, -0.25) is 9.20 Å². The Morgan fingerprint density at radius 1 is 1.15 bits per heavy atom. The molecule has 3 aromatic heterocycles. The van der Waals surface area contributed by atoms with Gasteiger partial charge in [-0.15, -0.1) is 10.2 Å². The summed E-state index contributed by atoms with van der Waals surface area (Å²) < 4.78 is 77.5. The van der Waals surface area contributed by atoms with Crippen LogP contribution in [0.3, 0.4) is 0 Å². The average molecular weight is 611 g/mol. The van der Waals surface area contributed by atoms with E-state index in [1.807, 2.05) is 11.8 Å². The third kappa shape index (κ3) is 4.64. The van der Waals surface area contributed by atoms with Crippen molar-refractivity contribution in [1.82, 2.24) is 24.3 Å². The molecule has 1 atom stereocenters. The second kappa shape index (κ2) is 8.94. The molecular weight excluding hydrogens is 581 g/mol. The summed E-state index contributed by atoms with van der Waals surface area (Å²) >= 11 is 0.421. The Labute approximate surface area is 238 Å². The van der Waals surface area contributed by atoms with E-state index in [1.54, 1.807) is 17.4 Å². The van der Waals surface area contributed by atoms with Gasteiger partial charge in [-0.25, -0.2) is 18.1 Å². The number of anilines is 1. The van der Waals surface area contributed by atoms with Crippen LogP contribution < -0.4 is 9.62 Å². The number of halogens is 3. The number of rotatable bonds is 6. The van der Waals surface area contributed by atoms with Gasteiger partial charge < -0.3 is 9.64 Å². The van der Waals surface area contributed by atoms with Gasteiger partial charge in [0, 0.05) is 30.7 Å². The van der Waals surface area contributed by atoms with Crippen molar-refractivity contribution in [3.8, 4) is 10.7 Å². The average Bonchev–Trinajstić information content (AvgIpc) is 3.76. The Morgan fingerprint density at radius 2 is 1.85 bits per heavy atom. The number of aromatic nitrogens is 4. The molecule has 4 aliphatic rings. The van der Waals surface area contributed by atoms with Crippen LogP contribution in [0.15, 0.2) is 17.2 Å². The van der Waals surface area contributed by atoms with Crippen LogP contribution in [-0.2, 0) is 25.7 Å². The van der Waals surface area contributed by atoms with E-state index in [0.29, 0.717) is 66.6 Å². The van der Waals surface area contributed by atoms with Gasteiger partial charge in [0.15, 0.2) is 16.4 Å². The number of pyridine rings is 1. The molecule has 0 bridgehead atoms. The minimum Gasteiger partial charge on any atom is -0.370 e. The molecule has 1 spiro atoms. The van der Waals surface area contributed by atoms with Crippen LogP contribution in [0, 0.1) is 5.41 Å². The molecule has 2 saturated heterocycles. The number of carbonyl (C=O) groups excluding carboxylic acids is 1. The van der Waals surface area contributed by atoms with Crippen molar-refractivity contribution in [2.24, 2.45) is 5.41 Å². The molecule has 2 aliphatic heterocycles. The summed E-state index contributed by atoms with van der Waals surface area (Å²) in [7, 11) is -3.97. The minimum absolute atomic E-state index is 0.0103. The molecule has 220 valence electrons. The van der Waals surface area contributed by atoms with Crippen LogP contribution in [0.4, 0.5) is 18.9 Å². The predicted molar refractivity (Wildman–Crippen MR) is 143 cm³/mol. The van der Waals surface area contributed by atoms with Gasteiger partial charge in [-0.2, -0.15) is 13.2 Å². The molecule has 1 N–H and O–H groups in total. The smallest absolute Gasteiger partial charge is 0.370 e. The van der Waals surface area contributed by atoms with Crippen LogP contribution in [-0.4, -0.2) is 65.1 Å². The van der Waals surface area contributed by atoms with E-state index < -0.39 is 38.3 Å². The normalized spacial score (nSPS) is 24.1. The second-order valence-corrected chi connectivity index (χ2v) is 14.7. The van der Waals surface area contributed by atoms with E-state index in [1.165, 1.54) is 6.20 Å². The highest BCUT2D eigenvalue weighted by Gasteiger charge is 2.49. The number of fused-ring (bicyclic) bond motifs is 1. The summed E-state index contributed by atoms with van der Waals surface area (Å²) in [6, 6.07) is 1.59. The molecule has 15 heteroatoms. The molecule has 0 radical (unpaired) electrons. The maximum absolute atomic E-state index is 13.6. The monoisotopic (exact) mass is 610 g/mol. The first-order valence-corrected chi connectivity index (χ1v) is 16.0. The summed E-state index contributed by atoms with van der Waals surface area (Å²) in [4.78, 5) is 19.8. The molecule has 4 fully saturated rings. The number of hydrogen-bond acceptors (Lipinski definition) is 9. The lowest BCUT2D eigenvalue weighted by Gasteiger charge is -2.38. The van der Waals surface area contributed by atoms with Crippen molar-refractivity contribution >= 4 is 38.5 Å². The Balaban J connectivity index is 1.37. The van der Waals surface area contributed by atoms with Crippen LogP contribution in [0.5, 0.6) is 0 Å². The Bertz CT molecular complexity index is 1670. The first kappa shape index (κ1) is 27.2. The summed E-state index contributed by atoms with van der Waals surface area (Å²) in [6.45, 7) is 4.92. The molecule has 3 aromatic rings. The lowest BCUT2D eigenvalue weighted by Crippen LogP contribution is -2.45. The number of ether oxygens (including phenoxy) is 1. The van der Waals surface area contributed by atoms with E-state index in [-0.39, 0.29) is 21.6 Å². The zero-order valence-electron chi connectivity index (χ0n) is 22.5. The quantitative estimate of drug-likeness (QED) is 0.442. The van der Waals surface area contributed by atoms with Gasteiger partial charge >= 0.3 is 6.18 Å². The Hall–Kier alpha value is -2.62. The molecule has 41 heavy (non-hydrogen) atoms. The highest BCUT2D eigenvalue weighted by Crippen LogP contribution is 2.48. The number of alkyl halides is 3. The molecule has 10 nitrogen and oxygen atoms in total. The number of carbonyl (C=O) groups is 1. The standard InChI is InChI=1S/C26H29F3N6O4S2/c1-14-20(36)25(13-39-14)7-9-34(10-8-25)17-11-16(41(37,38)33-24(2)5-6-24)12-35-19(18(15-3-4-15)30-21(17)35)22-31-32-23(40-22)26(27,28)29/h11-12,14-15,33H,3-10,13H2,1-2H3/t14-/m1/s1. The van der Waals surface area contributed by atoms with Crippen molar-refractivity contribution in [3.05, 3.63) is 23.0 Å². The maximum Gasteiger partial charge on any atom is 0.445 e. The maximum atomic E-state index is 13.6. The van der Waals surface area contributed by atoms with Gasteiger partial charge in [0.2, 0.25) is 15.0 Å². The van der Waals surface area contributed by atoms with E-state index in [2.05, 4.69) is 14.9 Å². The number of sulfonamides is 1. The van der Waals surface area contributed by atoms with Gasteiger partial charge in [-0.1, -0.05) is 11.3 Å². The molecule has 2 aliphatic carbocycles. The first-order valence-electron chi connectivity index (χ1n) is 13.7. The van der Waals surface area contributed by atoms with E-state index in [4.69, 9.17) is 9.72 Å². The van der Waals surface area contributed by atoms with E-state index in [9.17, 15) is 26.4 Å². The topological polar surface area (TPSA) is 119 Å².